The minimum atomic E-state index is -4.49. The molecule has 1 aliphatic rings. The summed E-state index contributed by atoms with van der Waals surface area (Å²) < 4.78 is 68.3. The zero-order valence-electron chi connectivity index (χ0n) is 22.4. The molecule has 0 heterocycles. The first-order chi connectivity index (χ1) is 18.1. The van der Waals surface area contributed by atoms with Crippen LogP contribution in [-0.2, 0) is 21.6 Å². The molecular formula is C28H35F3N4O3S. The maximum Gasteiger partial charge on any atom is 0.416 e. The molecule has 0 radical (unpaired) electrons. The van der Waals surface area contributed by atoms with E-state index in [1.807, 2.05) is 13.8 Å². The van der Waals surface area contributed by atoms with E-state index in [2.05, 4.69) is 9.71 Å². The Hall–Kier alpha value is -3.21. The van der Waals surface area contributed by atoms with Crippen molar-refractivity contribution in [1.29, 1.82) is 5.41 Å². The maximum atomic E-state index is 13.0. The molecular weight excluding hydrogens is 529 g/mol. The molecule has 1 aliphatic carbocycles. The summed E-state index contributed by atoms with van der Waals surface area (Å²) in [6, 6.07) is 9.42. The summed E-state index contributed by atoms with van der Waals surface area (Å²) in [6.45, 7) is 5.37. The second-order valence-electron chi connectivity index (χ2n) is 10.5. The Morgan fingerprint density at radius 2 is 1.72 bits per heavy atom. The summed E-state index contributed by atoms with van der Waals surface area (Å²) in [5, 5.41) is 10.8. The highest BCUT2D eigenvalue weighted by molar-refractivity contribution is 7.90. The van der Waals surface area contributed by atoms with Gasteiger partial charge in [-0.2, -0.15) is 21.6 Å². The van der Waals surface area contributed by atoms with Crippen LogP contribution in [0.1, 0.15) is 79.4 Å². The molecule has 1 saturated carbocycles. The molecule has 1 fully saturated rings. The SMILES string of the molecule is Cc1cc(C(F)(F)F)ccc1C(=O)NCC1(c2ccc(S(=O)(=O)/N=C(\N)CC(=N)C(C)C)cc2)CCCCC1. The van der Waals surface area contributed by atoms with Crippen LogP contribution in [0.3, 0.4) is 0 Å². The lowest BCUT2D eigenvalue weighted by molar-refractivity contribution is -0.137. The number of benzene rings is 2. The number of nitrogens with two attached hydrogens (primary N) is 1. The van der Waals surface area contributed by atoms with Crippen molar-refractivity contribution < 1.29 is 26.4 Å². The van der Waals surface area contributed by atoms with Gasteiger partial charge in [-0.15, -0.1) is 4.40 Å². The first kappa shape index (κ1) is 30.3. The van der Waals surface area contributed by atoms with Gasteiger partial charge in [0.2, 0.25) is 0 Å². The molecule has 0 aliphatic heterocycles. The molecule has 39 heavy (non-hydrogen) atoms. The van der Waals surface area contributed by atoms with Crippen molar-refractivity contribution in [1.82, 2.24) is 5.32 Å². The zero-order chi connectivity index (χ0) is 29.0. The number of halogens is 3. The van der Waals surface area contributed by atoms with E-state index in [0.717, 1.165) is 49.8 Å². The summed E-state index contributed by atoms with van der Waals surface area (Å²) in [4.78, 5) is 12.9. The van der Waals surface area contributed by atoms with Crippen molar-refractivity contribution in [2.45, 2.75) is 75.8 Å². The summed E-state index contributed by atoms with van der Waals surface area (Å²) in [7, 11) is -4.06. The van der Waals surface area contributed by atoms with Gasteiger partial charge in [0.1, 0.15) is 5.84 Å². The number of carbonyl (C=O) groups is 1. The summed E-state index contributed by atoms with van der Waals surface area (Å²) in [5.74, 6) is -0.680. The number of amidine groups is 1. The van der Waals surface area contributed by atoms with E-state index < -0.39 is 33.1 Å². The molecule has 0 spiro atoms. The van der Waals surface area contributed by atoms with Crippen LogP contribution in [0.15, 0.2) is 51.8 Å². The molecule has 2 aromatic rings. The van der Waals surface area contributed by atoms with Crippen LogP contribution in [0.4, 0.5) is 13.2 Å². The van der Waals surface area contributed by atoms with Crippen molar-refractivity contribution in [2.24, 2.45) is 16.0 Å². The molecule has 0 unspecified atom stereocenters. The predicted molar refractivity (Wildman–Crippen MR) is 146 cm³/mol. The molecule has 0 aromatic heterocycles. The van der Waals surface area contributed by atoms with Gasteiger partial charge in [0.05, 0.1) is 10.5 Å². The lowest BCUT2D eigenvalue weighted by atomic mass is 9.69. The minimum absolute atomic E-state index is 0.0272. The Kier molecular flexibility index (Phi) is 9.25. The number of amides is 1. The number of aryl methyl sites for hydroxylation is 1. The number of hydrogen-bond donors (Lipinski definition) is 3. The fourth-order valence-corrected chi connectivity index (χ4v) is 5.81. The minimum Gasteiger partial charge on any atom is -0.386 e. The standard InChI is InChI=1S/C28H35F3N4O3S/c1-18(2)24(32)16-25(33)35-39(37,38)22-10-7-20(8-11-22)27(13-5-4-6-14-27)17-34-26(36)23-12-9-21(15-19(23)3)28(29,30)31/h7-12,15,18,32H,4-6,13-14,16-17H2,1-3H3,(H2,33,35)(H,34,36). The first-order valence-corrected chi connectivity index (χ1v) is 14.3. The molecule has 3 rings (SSSR count). The summed E-state index contributed by atoms with van der Waals surface area (Å²) in [6.07, 6.45) is -0.0767. The Labute approximate surface area is 227 Å². The number of hydrogen-bond acceptors (Lipinski definition) is 4. The van der Waals surface area contributed by atoms with Crippen molar-refractivity contribution in [3.8, 4) is 0 Å². The van der Waals surface area contributed by atoms with Gasteiger partial charge in [-0.1, -0.05) is 45.2 Å². The van der Waals surface area contributed by atoms with Gasteiger partial charge < -0.3 is 16.5 Å². The third-order valence-corrected chi connectivity index (χ3v) is 8.61. The second kappa shape index (κ2) is 11.9. The molecule has 1 amide bonds. The van der Waals surface area contributed by atoms with Crippen LogP contribution in [0, 0.1) is 18.3 Å². The van der Waals surface area contributed by atoms with Crippen LogP contribution in [0.5, 0.6) is 0 Å². The van der Waals surface area contributed by atoms with Crippen molar-refractivity contribution in [3.63, 3.8) is 0 Å². The molecule has 0 saturated heterocycles. The van der Waals surface area contributed by atoms with Gasteiger partial charge in [-0.05, 0) is 67.1 Å². The van der Waals surface area contributed by atoms with Gasteiger partial charge in [0, 0.05) is 29.7 Å². The van der Waals surface area contributed by atoms with Gasteiger partial charge in [-0.25, -0.2) is 0 Å². The van der Waals surface area contributed by atoms with Crippen LogP contribution < -0.4 is 11.1 Å². The molecule has 0 atom stereocenters. The highest BCUT2D eigenvalue weighted by Crippen LogP contribution is 2.39. The van der Waals surface area contributed by atoms with E-state index in [9.17, 15) is 26.4 Å². The molecule has 7 nitrogen and oxygen atoms in total. The Balaban J connectivity index is 1.80. The van der Waals surface area contributed by atoms with Gasteiger partial charge in [0.25, 0.3) is 15.9 Å². The lowest BCUT2D eigenvalue weighted by Gasteiger charge is -2.38. The predicted octanol–water partition coefficient (Wildman–Crippen LogP) is 5.76. The molecule has 4 N–H and O–H groups in total. The maximum absolute atomic E-state index is 13.0. The average molecular weight is 565 g/mol. The lowest BCUT2D eigenvalue weighted by Crippen LogP contribution is -2.42. The van der Waals surface area contributed by atoms with Crippen molar-refractivity contribution >= 4 is 27.5 Å². The van der Waals surface area contributed by atoms with Crippen molar-refractivity contribution in [2.75, 3.05) is 6.54 Å². The van der Waals surface area contributed by atoms with Gasteiger partial charge in [-0.3, -0.25) is 4.79 Å². The largest absolute Gasteiger partial charge is 0.416 e. The monoisotopic (exact) mass is 564 g/mol. The number of alkyl halides is 3. The van der Waals surface area contributed by atoms with Gasteiger partial charge >= 0.3 is 6.18 Å². The van der Waals surface area contributed by atoms with Gasteiger partial charge in [0.15, 0.2) is 0 Å². The van der Waals surface area contributed by atoms with E-state index in [1.165, 1.54) is 25.1 Å². The molecule has 11 heteroatoms. The van der Waals surface area contributed by atoms with Crippen LogP contribution in [-0.4, -0.2) is 32.4 Å². The van der Waals surface area contributed by atoms with Crippen LogP contribution in [0.2, 0.25) is 0 Å². The quantitative estimate of drug-likeness (QED) is 0.265. The number of nitrogens with one attached hydrogen (secondary N) is 2. The number of sulfonamides is 1. The number of nitrogens with zero attached hydrogens (tertiary/aromatic N) is 1. The highest BCUT2D eigenvalue weighted by atomic mass is 32.2. The first-order valence-electron chi connectivity index (χ1n) is 12.9. The second-order valence-corrected chi connectivity index (χ2v) is 12.1. The highest BCUT2D eigenvalue weighted by Gasteiger charge is 2.35. The van der Waals surface area contributed by atoms with E-state index in [1.54, 1.807) is 12.1 Å². The molecule has 0 bridgehead atoms. The Bertz CT molecular complexity index is 1350. The third kappa shape index (κ3) is 7.46. The number of carbonyl (C=O) groups excluding carboxylic acids is 1. The average Bonchev–Trinajstić information content (AvgIpc) is 2.87. The normalized spacial score (nSPS) is 16.2. The van der Waals surface area contributed by atoms with E-state index in [4.69, 9.17) is 11.1 Å². The summed E-state index contributed by atoms with van der Waals surface area (Å²) in [5.41, 5.74) is 6.11. The van der Waals surface area contributed by atoms with E-state index in [-0.39, 0.29) is 46.5 Å². The molecule has 212 valence electrons. The fraction of sp³-hybridized carbons (Fsp3) is 0.464. The number of rotatable bonds is 9. The zero-order valence-corrected chi connectivity index (χ0v) is 23.2. The Morgan fingerprint density at radius 1 is 1.10 bits per heavy atom. The van der Waals surface area contributed by atoms with Crippen LogP contribution in [0.25, 0.3) is 0 Å². The summed E-state index contributed by atoms with van der Waals surface area (Å²) >= 11 is 0. The smallest absolute Gasteiger partial charge is 0.386 e. The third-order valence-electron chi connectivity index (χ3n) is 7.27. The van der Waals surface area contributed by atoms with E-state index in [0.29, 0.717) is 0 Å². The Morgan fingerprint density at radius 3 is 2.26 bits per heavy atom. The van der Waals surface area contributed by atoms with Crippen LogP contribution >= 0.6 is 0 Å². The van der Waals surface area contributed by atoms with E-state index >= 15 is 0 Å². The topological polar surface area (TPSA) is 125 Å². The fourth-order valence-electron chi connectivity index (χ4n) is 4.85. The molecule has 2 aromatic carbocycles. The van der Waals surface area contributed by atoms with Crippen molar-refractivity contribution in [3.05, 3.63) is 64.7 Å².